The number of benzene rings is 2. The molecule has 2 heterocycles. The quantitative estimate of drug-likeness (QED) is 0.759. The molecule has 2 unspecified atom stereocenters. The Bertz CT molecular complexity index is 888. The van der Waals surface area contributed by atoms with Gasteiger partial charge in [0.2, 0.25) is 0 Å². The van der Waals surface area contributed by atoms with Crippen LogP contribution in [0, 0.1) is 0 Å². The number of carbonyl (C=O) groups is 1. The number of carbonyl (C=O) groups excluding carboxylic acids is 1. The zero-order valence-corrected chi connectivity index (χ0v) is 15.8. The maximum absolute atomic E-state index is 13.0. The topological polar surface area (TPSA) is 48.7 Å². The second-order valence-electron chi connectivity index (χ2n) is 7.24. The van der Waals surface area contributed by atoms with Gasteiger partial charge in [-0.1, -0.05) is 48.5 Å². The van der Waals surface area contributed by atoms with Crippen molar-refractivity contribution in [2.24, 2.45) is 0 Å². The Hall–Kier alpha value is -2.79. The van der Waals surface area contributed by atoms with Crippen molar-refractivity contribution in [2.45, 2.75) is 19.0 Å². The molecule has 0 spiro atoms. The fraction of sp³-hybridized carbons (Fsp3) is 0.318. The number of amides is 2. The molecule has 0 aliphatic carbocycles. The lowest BCUT2D eigenvalue weighted by molar-refractivity contribution is 0.107. The van der Waals surface area contributed by atoms with E-state index in [0.29, 0.717) is 6.54 Å². The third-order valence-electron chi connectivity index (χ3n) is 5.24. The van der Waals surface area contributed by atoms with Crippen molar-refractivity contribution in [1.29, 1.82) is 0 Å². The van der Waals surface area contributed by atoms with Crippen molar-refractivity contribution in [3.05, 3.63) is 72.0 Å². The summed E-state index contributed by atoms with van der Waals surface area (Å²) < 4.78 is 5.91. The summed E-state index contributed by atoms with van der Waals surface area (Å²) >= 11 is 0. The highest BCUT2D eigenvalue weighted by atomic mass is 16.3. The first kappa shape index (κ1) is 17.6. The van der Waals surface area contributed by atoms with E-state index in [-0.39, 0.29) is 18.1 Å². The third kappa shape index (κ3) is 3.69. The van der Waals surface area contributed by atoms with Crippen LogP contribution < -0.4 is 5.32 Å². The minimum absolute atomic E-state index is 0.0489. The molecule has 2 aromatic carbocycles. The van der Waals surface area contributed by atoms with Gasteiger partial charge in [-0.05, 0) is 31.7 Å². The molecule has 1 aromatic heterocycles. The number of likely N-dealkylation sites (N-methyl/N-ethyl adjacent to an activating group) is 1. The predicted octanol–water partition coefficient (Wildman–Crippen LogP) is 4.19. The Morgan fingerprint density at radius 2 is 1.85 bits per heavy atom. The molecular weight excluding hydrogens is 338 g/mol. The van der Waals surface area contributed by atoms with E-state index in [1.807, 2.05) is 60.4 Å². The summed E-state index contributed by atoms with van der Waals surface area (Å²) in [6.07, 6.45) is 0. The highest BCUT2D eigenvalue weighted by Gasteiger charge is 2.31. The van der Waals surface area contributed by atoms with Gasteiger partial charge in [-0.3, -0.25) is 0 Å². The number of para-hydroxylation sites is 1. The molecule has 1 aliphatic rings. The number of urea groups is 1. The van der Waals surface area contributed by atoms with Gasteiger partial charge in [-0.25, -0.2) is 4.79 Å². The van der Waals surface area contributed by atoms with E-state index in [4.69, 9.17) is 4.42 Å². The van der Waals surface area contributed by atoms with Crippen LogP contribution in [-0.2, 0) is 0 Å². The van der Waals surface area contributed by atoms with Crippen LogP contribution in [0.25, 0.3) is 11.0 Å². The number of nitrogens with zero attached hydrogens (tertiary/aromatic N) is 2. The summed E-state index contributed by atoms with van der Waals surface area (Å²) in [5.41, 5.74) is 2.01. The summed E-state index contributed by atoms with van der Waals surface area (Å²) in [5, 5.41) is 4.17. The van der Waals surface area contributed by atoms with E-state index in [2.05, 4.69) is 29.4 Å². The van der Waals surface area contributed by atoms with Crippen LogP contribution in [0.2, 0.25) is 0 Å². The van der Waals surface area contributed by atoms with Crippen molar-refractivity contribution in [3.8, 4) is 0 Å². The Balaban J connectivity index is 1.51. The SMILES string of the molecule is CC(NC(=O)N1CCN(C)CC1c1ccccc1)c1cc2ccccc2o1. The van der Waals surface area contributed by atoms with E-state index in [1.54, 1.807) is 0 Å². The number of fused-ring (bicyclic) bond motifs is 1. The molecule has 5 heteroatoms. The number of rotatable bonds is 3. The Labute approximate surface area is 159 Å². The largest absolute Gasteiger partial charge is 0.459 e. The molecule has 140 valence electrons. The number of hydrogen-bond acceptors (Lipinski definition) is 3. The summed E-state index contributed by atoms with van der Waals surface area (Å²) in [6.45, 7) is 4.37. The minimum atomic E-state index is -0.194. The van der Waals surface area contributed by atoms with Crippen LogP contribution in [0.1, 0.15) is 30.3 Å². The first-order valence-corrected chi connectivity index (χ1v) is 9.41. The van der Waals surface area contributed by atoms with E-state index in [1.165, 1.54) is 0 Å². The van der Waals surface area contributed by atoms with Gasteiger partial charge in [-0.15, -0.1) is 0 Å². The summed E-state index contributed by atoms with van der Waals surface area (Å²) in [6, 6.07) is 19.9. The fourth-order valence-corrected chi connectivity index (χ4v) is 3.68. The molecule has 0 bridgehead atoms. The van der Waals surface area contributed by atoms with Crippen molar-refractivity contribution >= 4 is 17.0 Å². The third-order valence-corrected chi connectivity index (χ3v) is 5.24. The van der Waals surface area contributed by atoms with Crippen LogP contribution in [0.15, 0.2) is 65.1 Å². The molecular formula is C22H25N3O2. The minimum Gasteiger partial charge on any atom is -0.459 e. The maximum Gasteiger partial charge on any atom is 0.318 e. The smallest absolute Gasteiger partial charge is 0.318 e. The molecule has 27 heavy (non-hydrogen) atoms. The molecule has 4 rings (SSSR count). The van der Waals surface area contributed by atoms with E-state index in [9.17, 15) is 4.79 Å². The first-order valence-electron chi connectivity index (χ1n) is 9.41. The maximum atomic E-state index is 13.0. The van der Waals surface area contributed by atoms with Crippen LogP contribution >= 0.6 is 0 Å². The van der Waals surface area contributed by atoms with Crippen molar-refractivity contribution in [1.82, 2.24) is 15.1 Å². The number of furan rings is 1. The lowest BCUT2D eigenvalue weighted by Gasteiger charge is -2.40. The number of nitrogens with one attached hydrogen (secondary N) is 1. The predicted molar refractivity (Wildman–Crippen MR) is 107 cm³/mol. The highest BCUT2D eigenvalue weighted by molar-refractivity contribution is 5.79. The molecule has 1 N–H and O–H groups in total. The summed E-state index contributed by atoms with van der Waals surface area (Å²) in [7, 11) is 2.10. The Morgan fingerprint density at radius 3 is 2.63 bits per heavy atom. The molecule has 3 aromatic rings. The second kappa shape index (κ2) is 7.45. The monoisotopic (exact) mass is 363 g/mol. The van der Waals surface area contributed by atoms with Gasteiger partial charge in [0.25, 0.3) is 0 Å². The number of piperazine rings is 1. The normalized spacial score (nSPS) is 19.2. The van der Waals surface area contributed by atoms with Crippen LogP contribution in [0.4, 0.5) is 4.79 Å². The molecule has 1 aliphatic heterocycles. The highest BCUT2D eigenvalue weighted by Crippen LogP contribution is 2.27. The van der Waals surface area contributed by atoms with E-state index >= 15 is 0 Å². The van der Waals surface area contributed by atoms with Crippen LogP contribution in [0.5, 0.6) is 0 Å². The first-order chi connectivity index (χ1) is 13.1. The molecule has 2 amide bonds. The fourth-order valence-electron chi connectivity index (χ4n) is 3.68. The average molecular weight is 363 g/mol. The molecule has 1 saturated heterocycles. The second-order valence-corrected chi connectivity index (χ2v) is 7.24. The van der Waals surface area contributed by atoms with Crippen molar-refractivity contribution < 1.29 is 9.21 Å². The number of hydrogen-bond donors (Lipinski definition) is 1. The van der Waals surface area contributed by atoms with E-state index in [0.717, 1.165) is 35.4 Å². The van der Waals surface area contributed by atoms with Crippen LogP contribution in [0.3, 0.4) is 0 Å². The molecule has 2 atom stereocenters. The molecule has 0 saturated carbocycles. The molecule has 1 fully saturated rings. The van der Waals surface area contributed by atoms with Crippen molar-refractivity contribution in [3.63, 3.8) is 0 Å². The van der Waals surface area contributed by atoms with Gasteiger partial charge in [0.05, 0.1) is 12.1 Å². The van der Waals surface area contributed by atoms with Gasteiger partial charge < -0.3 is 19.5 Å². The average Bonchev–Trinajstić information content (AvgIpc) is 3.13. The summed E-state index contributed by atoms with van der Waals surface area (Å²) in [4.78, 5) is 17.2. The van der Waals surface area contributed by atoms with Gasteiger partial charge in [0, 0.05) is 25.0 Å². The van der Waals surface area contributed by atoms with Gasteiger partial charge in [-0.2, -0.15) is 0 Å². The molecule has 0 radical (unpaired) electrons. The van der Waals surface area contributed by atoms with Crippen molar-refractivity contribution in [2.75, 3.05) is 26.7 Å². The zero-order chi connectivity index (χ0) is 18.8. The van der Waals surface area contributed by atoms with Gasteiger partial charge >= 0.3 is 6.03 Å². The Morgan fingerprint density at radius 1 is 1.11 bits per heavy atom. The lowest BCUT2D eigenvalue weighted by atomic mass is 10.0. The summed E-state index contributed by atoms with van der Waals surface area (Å²) in [5.74, 6) is 0.773. The van der Waals surface area contributed by atoms with Crippen LogP contribution in [-0.4, -0.2) is 42.5 Å². The molecule has 5 nitrogen and oxygen atoms in total. The van der Waals surface area contributed by atoms with E-state index < -0.39 is 0 Å². The van der Waals surface area contributed by atoms with Gasteiger partial charge in [0.15, 0.2) is 0 Å². The zero-order valence-electron chi connectivity index (χ0n) is 15.8. The Kier molecular flexibility index (Phi) is 4.86. The standard InChI is InChI=1S/C22H25N3O2/c1-16(21-14-18-10-6-7-11-20(18)27-21)23-22(26)25-13-12-24(2)15-19(25)17-8-4-3-5-9-17/h3-11,14,16,19H,12-13,15H2,1-2H3,(H,23,26). The van der Waals surface area contributed by atoms with Gasteiger partial charge in [0.1, 0.15) is 11.3 Å². The lowest BCUT2D eigenvalue weighted by Crippen LogP contribution is -2.52.